The van der Waals surface area contributed by atoms with E-state index in [0.717, 1.165) is 6.42 Å². The number of hydrogen-bond donors (Lipinski definition) is 1. The lowest BCUT2D eigenvalue weighted by atomic mass is 10.3. The Bertz CT molecular complexity index is 524. The Morgan fingerprint density at radius 3 is 2.75 bits per heavy atom. The molecular formula is C13H20N4O3. The van der Waals surface area contributed by atoms with Crippen LogP contribution in [0.2, 0.25) is 0 Å². The van der Waals surface area contributed by atoms with Gasteiger partial charge in [0.1, 0.15) is 5.69 Å². The van der Waals surface area contributed by atoms with E-state index in [4.69, 9.17) is 0 Å². The molecule has 0 spiro atoms. The van der Waals surface area contributed by atoms with Gasteiger partial charge in [0.25, 0.3) is 11.6 Å². The summed E-state index contributed by atoms with van der Waals surface area (Å²) in [6.07, 6.45) is 2.34. The molecule has 1 amide bonds. The number of hydrogen-bond acceptors (Lipinski definition) is 4. The van der Waals surface area contributed by atoms with Gasteiger partial charge in [-0.15, -0.1) is 0 Å². The fourth-order valence-corrected chi connectivity index (χ4v) is 2.51. The van der Waals surface area contributed by atoms with Crippen LogP contribution in [-0.4, -0.2) is 46.5 Å². The molecule has 1 N–H and O–H groups in total. The highest BCUT2D eigenvalue weighted by molar-refractivity contribution is 5.93. The Balaban J connectivity index is 2.27. The number of nitrogens with one attached hydrogen (secondary N) is 1. The summed E-state index contributed by atoms with van der Waals surface area (Å²) >= 11 is 0. The number of amides is 1. The lowest BCUT2D eigenvalue weighted by Crippen LogP contribution is -2.34. The number of nitro groups is 1. The summed E-state index contributed by atoms with van der Waals surface area (Å²) in [5.41, 5.74) is 0.356. The van der Waals surface area contributed by atoms with Crippen molar-refractivity contribution in [3.8, 4) is 0 Å². The topological polar surface area (TPSA) is 80.4 Å². The maximum atomic E-state index is 12.5. The van der Waals surface area contributed by atoms with Gasteiger partial charge in [-0.25, -0.2) is 0 Å². The predicted molar refractivity (Wildman–Crippen MR) is 74.8 cm³/mol. The molecule has 20 heavy (non-hydrogen) atoms. The van der Waals surface area contributed by atoms with Gasteiger partial charge in [-0.1, -0.05) is 0 Å². The normalized spacial score (nSPS) is 18.8. The van der Waals surface area contributed by atoms with Gasteiger partial charge in [-0.2, -0.15) is 0 Å². The van der Waals surface area contributed by atoms with Gasteiger partial charge in [0.2, 0.25) is 0 Å². The van der Waals surface area contributed by atoms with Crippen LogP contribution in [-0.2, 0) is 0 Å². The molecule has 1 saturated heterocycles. The number of carbonyl (C=O) groups excluding carboxylic acids is 1. The van der Waals surface area contributed by atoms with Crippen molar-refractivity contribution in [3.05, 3.63) is 28.1 Å². The molecule has 1 aliphatic rings. The molecule has 1 unspecified atom stereocenters. The van der Waals surface area contributed by atoms with Crippen molar-refractivity contribution in [3.63, 3.8) is 0 Å². The maximum Gasteiger partial charge on any atom is 0.287 e. The van der Waals surface area contributed by atoms with Crippen molar-refractivity contribution >= 4 is 11.6 Å². The molecule has 110 valence electrons. The summed E-state index contributed by atoms with van der Waals surface area (Å²) in [4.78, 5) is 24.7. The number of likely N-dealkylation sites (tertiary alicyclic amines) is 1. The molecule has 0 radical (unpaired) electrons. The molecule has 1 fully saturated rings. The van der Waals surface area contributed by atoms with E-state index in [1.165, 1.54) is 12.3 Å². The highest BCUT2D eigenvalue weighted by Crippen LogP contribution is 2.23. The van der Waals surface area contributed by atoms with Crippen LogP contribution in [0.3, 0.4) is 0 Å². The zero-order chi connectivity index (χ0) is 14.9. The van der Waals surface area contributed by atoms with Gasteiger partial charge in [0.05, 0.1) is 11.1 Å². The third kappa shape index (κ3) is 2.67. The fourth-order valence-electron chi connectivity index (χ4n) is 2.51. The zero-order valence-corrected chi connectivity index (χ0v) is 12.0. The van der Waals surface area contributed by atoms with Gasteiger partial charge in [0.15, 0.2) is 0 Å². The molecule has 0 saturated carbocycles. The number of nitrogens with zero attached hydrogens (tertiary/aromatic N) is 3. The zero-order valence-electron chi connectivity index (χ0n) is 12.0. The van der Waals surface area contributed by atoms with Gasteiger partial charge < -0.3 is 14.8 Å². The summed E-state index contributed by atoms with van der Waals surface area (Å²) in [5.74, 6) is -0.135. The van der Waals surface area contributed by atoms with Crippen LogP contribution in [0, 0.1) is 10.1 Å². The number of rotatable bonds is 4. The van der Waals surface area contributed by atoms with E-state index >= 15 is 0 Å². The van der Waals surface area contributed by atoms with Gasteiger partial charge in [-0.3, -0.25) is 14.9 Å². The molecule has 2 rings (SSSR count). The minimum atomic E-state index is -0.462. The predicted octanol–water partition coefficient (Wildman–Crippen LogP) is 1.41. The molecule has 1 aromatic heterocycles. The molecule has 1 atom stereocenters. The Hall–Kier alpha value is -1.89. The average Bonchev–Trinajstić information content (AvgIpc) is 3.04. The van der Waals surface area contributed by atoms with E-state index in [0.29, 0.717) is 24.8 Å². The second-order valence-corrected chi connectivity index (χ2v) is 5.37. The van der Waals surface area contributed by atoms with Crippen LogP contribution in [0.1, 0.15) is 36.8 Å². The summed E-state index contributed by atoms with van der Waals surface area (Å²) in [6, 6.07) is 1.68. The van der Waals surface area contributed by atoms with Crippen molar-refractivity contribution in [1.29, 1.82) is 0 Å². The number of likely N-dealkylation sites (N-methyl/N-ethyl adjacent to an activating group) is 1. The average molecular weight is 280 g/mol. The second kappa shape index (κ2) is 5.62. The van der Waals surface area contributed by atoms with Crippen LogP contribution in [0.25, 0.3) is 0 Å². The van der Waals surface area contributed by atoms with Crippen LogP contribution < -0.4 is 5.32 Å². The van der Waals surface area contributed by atoms with Crippen LogP contribution >= 0.6 is 0 Å². The van der Waals surface area contributed by atoms with Gasteiger partial charge >= 0.3 is 0 Å². The molecule has 7 nitrogen and oxygen atoms in total. The van der Waals surface area contributed by atoms with E-state index in [2.05, 4.69) is 5.32 Å². The lowest BCUT2D eigenvalue weighted by molar-refractivity contribution is -0.384. The molecule has 0 aromatic carbocycles. The third-order valence-corrected chi connectivity index (χ3v) is 3.70. The highest BCUT2D eigenvalue weighted by Gasteiger charge is 2.29. The molecule has 0 aliphatic carbocycles. The molecule has 0 bridgehead atoms. The van der Waals surface area contributed by atoms with Gasteiger partial charge in [0, 0.05) is 31.2 Å². The summed E-state index contributed by atoms with van der Waals surface area (Å²) in [7, 11) is 1.88. The number of aromatic nitrogens is 1. The Morgan fingerprint density at radius 1 is 1.55 bits per heavy atom. The van der Waals surface area contributed by atoms with Crippen molar-refractivity contribution in [2.75, 3.05) is 20.1 Å². The largest absolute Gasteiger partial charge is 0.336 e. The maximum absolute atomic E-state index is 12.5. The SMILES string of the molecule is CNC1CCN(C(=O)c2cc([N+](=O)[O-])cn2C(C)C)C1. The Kier molecular flexibility index (Phi) is 4.08. The highest BCUT2D eigenvalue weighted by atomic mass is 16.6. The molecule has 2 heterocycles. The molecule has 7 heteroatoms. The first-order valence-electron chi connectivity index (χ1n) is 6.76. The van der Waals surface area contributed by atoms with E-state index in [1.54, 1.807) is 9.47 Å². The minimum Gasteiger partial charge on any atom is -0.336 e. The quantitative estimate of drug-likeness (QED) is 0.668. The van der Waals surface area contributed by atoms with Crippen LogP contribution in [0.4, 0.5) is 5.69 Å². The monoisotopic (exact) mass is 280 g/mol. The second-order valence-electron chi connectivity index (χ2n) is 5.37. The standard InChI is InChI=1S/C13H20N4O3/c1-9(2)16-8-11(17(19)20)6-12(16)13(18)15-5-4-10(7-15)14-3/h6,8-10,14H,4-5,7H2,1-3H3. The van der Waals surface area contributed by atoms with Crippen LogP contribution in [0.5, 0.6) is 0 Å². The van der Waals surface area contributed by atoms with Crippen molar-refractivity contribution < 1.29 is 9.72 Å². The van der Waals surface area contributed by atoms with E-state index in [9.17, 15) is 14.9 Å². The lowest BCUT2D eigenvalue weighted by Gasteiger charge is -2.19. The smallest absolute Gasteiger partial charge is 0.287 e. The Morgan fingerprint density at radius 2 is 2.25 bits per heavy atom. The Labute approximate surface area is 117 Å². The number of carbonyl (C=O) groups is 1. The van der Waals surface area contributed by atoms with Crippen LogP contribution in [0.15, 0.2) is 12.3 Å². The summed E-state index contributed by atoms with van der Waals surface area (Å²) in [5, 5.41) is 14.0. The van der Waals surface area contributed by atoms with Crippen molar-refractivity contribution in [1.82, 2.24) is 14.8 Å². The fraction of sp³-hybridized carbons (Fsp3) is 0.615. The molecule has 1 aromatic rings. The third-order valence-electron chi connectivity index (χ3n) is 3.70. The van der Waals surface area contributed by atoms with Gasteiger partial charge in [-0.05, 0) is 27.3 Å². The van der Waals surface area contributed by atoms with Crippen molar-refractivity contribution in [2.24, 2.45) is 0 Å². The first kappa shape index (κ1) is 14.5. The van der Waals surface area contributed by atoms with E-state index in [1.807, 2.05) is 20.9 Å². The molecule has 1 aliphatic heterocycles. The minimum absolute atomic E-state index is 0.00495. The van der Waals surface area contributed by atoms with Crippen molar-refractivity contribution in [2.45, 2.75) is 32.4 Å². The first-order valence-corrected chi connectivity index (χ1v) is 6.76. The first-order chi connectivity index (χ1) is 9.43. The van der Waals surface area contributed by atoms with E-state index < -0.39 is 4.92 Å². The van der Waals surface area contributed by atoms with E-state index in [-0.39, 0.29) is 17.6 Å². The summed E-state index contributed by atoms with van der Waals surface area (Å²) < 4.78 is 1.67. The summed E-state index contributed by atoms with van der Waals surface area (Å²) in [6.45, 7) is 5.13. The molecular weight excluding hydrogens is 260 g/mol.